The molecule has 0 N–H and O–H groups in total. The maximum Gasteiger partial charge on any atom is 0.255 e. The molecule has 7 nitrogen and oxygen atoms in total. The molecule has 0 aliphatic carbocycles. The molecule has 174 valence electrons. The fourth-order valence-corrected chi connectivity index (χ4v) is 5.96. The standard InChI is InChI=1S/C23H37N3O4S/c1-18(2)16-19(3)24(4)23(27)21-17-20(31(28,29)26-10-6-5-7-11-26)8-9-22(21)25-12-14-30-15-13-25/h8-9,17-19H,5-7,10-16H2,1-4H3. The van der Waals surface area contributed by atoms with Gasteiger partial charge in [0.15, 0.2) is 0 Å². The lowest BCUT2D eigenvalue weighted by atomic mass is 10.0. The van der Waals surface area contributed by atoms with E-state index in [1.165, 1.54) is 0 Å². The predicted octanol–water partition coefficient (Wildman–Crippen LogP) is 3.20. The molecule has 0 bridgehead atoms. The lowest BCUT2D eigenvalue weighted by Crippen LogP contribution is -2.40. The number of benzene rings is 1. The molecule has 2 saturated heterocycles. The number of nitrogens with zero attached hydrogens (tertiary/aromatic N) is 3. The average Bonchev–Trinajstić information content (AvgIpc) is 2.78. The van der Waals surface area contributed by atoms with Crippen LogP contribution in [0.5, 0.6) is 0 Å². The van der Waals surface area contributed by atoms with E-state index in [1.54, 1.807) is 27.4 Å². The molecule has 2 fully saturated rings. The van der Waals surface area contributed by atoms with Gasteiger partial charge in [-0.05, 0) is 50.3 Å². The Morgan fingerprint density at radius 3 is 2.32 bits per heavy atom. The lowest BCUT2D eigenvalue weighted by molar-refractivity contribution is 0.0727. The molecule has 2 aliphatic heterocycles. The van der Waals surface area contributed by atoms with E-state index in [2.05, 4.69) is 18.7 Å². The van der Waals surface area contributed by atoms with Crippen LogP contribution in [0.3, 0.4) is 0 Å². The molecule has 1 unspecified atom stereocenters. The second-order valence-electron chi connectivity index (χ2n) is 9.14. The van der Waals surface area contributed by atoms with Gasteiger partial charge in [0.1, 0.15) is 0 Å². The Hall–Kier alpha value is -1.64. The summed E-state index contributed by atoms with van der Waals surface area (Å²) in [6.07, 6.45) is 3.71. The van der Waals surface area contributed by atoms with Crippen molar-refractivity contribution in [3.63, 3.8) is 0 Å². The van der Waals surface area contributed by atoms with Crippen molar-refractivity contribution in [2.24, 2.45) is 5.92 Å². The van der Waals surface area contributed by atoms with Gasteiger partial charge in [-0.3, -0.25) is 4.79 Å². The predicted molar refractivity (Wildman–Crippen MR) is 123 cm³/mol. The highest BCUT2D eigenvalue weighted by Gasteiger charge is 2.30. The highest BCUT2D eigenvalue weighted by Crippen LogP contribution is 2.29. The summed E-state index contributed by atoms with van der Waals surface area (Å²) < 4.78 is 33.6. The van der Waals surface area contributed by atoms with Gasteiger partial charge >= 0.3 is 0 Å². The minimum atomic E-state index is -3.61. The molecule has 8 heteroatoms. The molecular formula is C23H37N3O4S. The van der Waals surface area contributed by atoms with Crippen molar-refractivity contribution in [1.29, 1.82) is 0 Å². The monoisotopic (exact) mass is 451 g/mol. The summed E-state index contributed by atoms with van der Waals surface area (Å²) >= 11 is 0. The topological polar surface area (TPSA) is 70.2 Å². The molecule has 1 atom stereocenters. The van der Waals surface area contributed by atoms with E-state index in [0.29, 0.717) is 50.9 Å². The Bertz CT molecular complexity index is 860. The number of amides is 1. The van der Waals surface area contributed by atoms with Gasteiger partial charge in [0.2, 0.25) is 10.0 Å². The Kier molecular flexibility index (Phi) is 7.99. The summed E-state index contributed by atoms with van der Waals surface area (Å²) in [5, 5.41) is 0. The second-order valence-corrected chi connectivity index (χ2v) is 11.1. The van der Waals surface area contributed by atoms with E-state index in [1.807, 2.05) is 14.0 Å². The van der Waals surface area contributed by atoms with Gasteiger partial charge in [0.05, 0.1) is 23.7 Å². The molecule has 0 spiro atoms. The van der Waals surface area contributed by atoms with E-state index < -0.39 is 10.0 Å². The first-order valence-electron chi connectivity index (χ1n) is 11.5. The minimum Gasteiger partial charge on any atom is -0.378 e. The van der Waals surface area contributed by atoms with Gasteiger partial charge in [0, 0.05) is 45.0 Å². The Balaban J connectivity index is 1.98. The quantitative estimate of drug-likeness (QED) is 0.637. The number of carbonyl (C=O) groups excluding carboxylic acids is 1. The van der Waals surface area contributed by atoms with Crippen molar-refractivity contribution in [3.8, 4) is 0 Å². The molecule has 1 amide bonds. The first-order chi connectivity index (χ1) is 14.7. The van der Waals surface area contributed by atoms with Crippen molar-refractivity contribution in [2.75, 3.05) is 51.3 Å². The minimum absolute atomic E-state index is 0.0624. The molecular weight excluding hydrogens is 414 g/mol. The van der Waals surface area contributed by atoms with Gasteiger partial charge in [0.25, 0.3) is 5.91 Å². The molecule has 2 heterocycles. The van der Waals surface area contributed by atoms with Crippen LogP contribution in [0.25, 0.3) is 0 Å². The zero-order chi connectivity index (χ0) is 22.6. The molecule has 0 aromatic heterocycles. The number of sulfonamides is 1. The Labute approximate surface area is 187 Å². The van der Waals surface area contributed by atoms with Crippen molar-refractivity contribution >= 4 is 21.6 Å². The first-order valence-corrected chi connectivity index (χ1v) is 12.9. The number of ether oxygens (including phenoxy) is 1. The van der Waals surface area contributed by atoms with E-state index in [9.17, 15) is 13.2 Å². The molecule has 3 rings (SSSR count). The highest BCUT2D eigenvalue weighted by atomic mass is 32.2. The Morgan fingerprint density at radius 1 is 1.06 bits per heavy atom. The highest BCUT2D eigenvalue weighted by molar-refractivity contribution is 7.89. The number of carbonyl (C=O) groups is 1. The SMILES string of the molecule is CC(C)CC(C)N(C)C(=O)c1cc(S(=O)(=O)N2CCCCC2)ccc1N1CCOCC1. The van der Waals surface area contributed by atoms with Crippen LogP contribution in [0.4, 0.5) is 5.69 Å². The van der Waals surface area contributed by atoms with Gasteiger partial charge in [-0.15, -0.1) is 0 Å². The van der Waals surface area contributed by atoms with Gasteiger partial charge in [-0.25, -0.2) is 8.42 Å². The number of morpholine rings is 1. The van der Waals surface area contributed by atoms with Crippen LogP contribution in [0, 0.1) is 5.92 Å². The zero-order valence-electron chi connectivity index (χ0n) is 19.3. The third-order valence-electron chi connectivity index (χ3n) is 6.30. The van der Waals surface area contributed by atoms with Crippen LogP contribution < -0.4 is 4.90 Å². The average molecular weight is 452 g/mol. The van der Waals surface area contributed by atoms with Crippen LogP contribution in [0.15, 0.2) is 23.1 Å². The van der Waals surface area contributed by atoms with Gasteiger partial charge in [-0.2, -0.15) is 4.31 Å². The molecule has 2 aliphatic rings. The van der Waals surface area contributed by atoms with E-state index in [4.69, 9.17) is 4.74 Å². The van der Waals surface area contributed by atoms with Crippen LogP contribution in [0.1, 0.15) is 56.8 Å². The third kappa shape index (κ3) is 5.59. The number of hydrogen-bond donors (Lipinski definition) is 0. The number of rotatable bonds is 7. The summed E-state index contributed by atoms with van der Waals surface area (Å²) in [5.41, 5.74) is 1.24. The number of anilines is 1. The summed E-state index contributed by atoms with van der Waals surface area (Å²) in [7, 11) is -1.80. The molecule has 0 saturated carbocycles. The summed E-state index contributed by atoms with van der Waals surface area (Å²) in [6, 6.07) is 5.11. The Morgan fingerprint density at radius 2 is 1.71 bits per heavy atom. The normalized spacial score (nSPS) is 19.5. The van der Waals surface area contributed by atoms with Crippen LogP contribution >= 0.6 is 0 Å². The van der Waals surface area contributed by atoms with Gasteiger partial charge < -0.3 is 14.5 Å². The first kappa shape index (κ1) is 24.0. The number of hydrogen-bond acceptors (Lipinski definition) is 5. The zero-order valence-corrected chi connectivity index (χ0v) is 20.2. The number of piperidine rings is 1. The third-order valence-corrected chi connectivity index (χ3v) is 8.19. The van der Waals surface area contributed by atoms with E-state index in [0.717, 1.165) is 31.4 Å². The summed E-state index contributed by atoms with van der Waals surface area (Å²) in [5.74, 6) is 0.333. The van der Waals surface area contributed by atoms with Crippen molar-refractivity contribution < 1.29 is 17.9 Å². The lowest BCUT2D eigenvalue weighted by Gasteiger charge is -2.33. The van der Waals surface area contributed by atoms with E-state index >= 15 is 0 Å². The summed E-state index contributed by atoms with van der Waals surface area (Å²) in [4.78, 5) is 17.6. The maximum atomic E-state index is 13.5. The fraction of sp³-hybridized carbons (Fsp3) is 0.696. The maximum absolute atomic E-state index is 13.5. The van der Waals surface area contributed by atoms with Gasteiger partial charge in [-0.1, -0.05) is 20.3 Å². The molecule has 1 aromatic carbocycles. The molecule has 0 radical (unpaired) electrons. The molecule has 31 heavy (non-hydrogen) atoms. The van der Waals surface area contributed by atoms with Crippen LogP contribution in [-0.2, 0) is 14.8 Å². The second kappa shape index (κ2) is 10.3. The van der Waals surface area contributed by atoms with Crippen LogP contribution in [0.2, 0.25) is 0 Å². The molecule has 1 aromatic rings. The smallest absolute Gasteiger partial charge is 0.255 e. The van der Waals surface area contributed by atoms with Crippen molar-refractivity contribution in [3.05, 3.63) is 23.8 Å². The summed E-state index contributed by atoms with van der Waals surface area (Å²) in [6.45, 7) is 9.97. The van der Waals surface area contributed by atoms with E-state index in [-0.39, 0.29) is 16.8 Å². The fourth-order valence-electron chi connectivity index (χ4n) is 4.41. The van der Waals surface area contributed by atoms with Crippen LogP contribution in [-0.4, -0.2) is 76.0 Å². The largest absolute Gasteiger partial charge is 0.378 e. The van der Waals surface area contributed by atoms with Crippen molar-refractivity contribution in [2.45, 2.75) is 57.4 Å². The van der Waals surface area contributed by atoms with Crippen molar-refractivity contribution in [1.82, 2.24) is 9.21 Å².